The number of para-hydroxylation sites is 1. The van der Waals surface area contributed by atoms with Gasteiger partial charge in [-0.2, -0.15) is 0 Å². The van der Waals surface area contributed by atoms with E-state index < -0.39 is 11.8 Å². The second-order valence-corrected chi connectivity index (χ2v) is 6.19. The number of hydrogen-bond acceptors (Lipinski definition) is 4. The summed E-state index contributed by atoms with van der Waals surface area (Å²) in [7, 11) is 0. The topological polar surface area (TPSA) is 76.7 Å². The standard InChI is InChI=1S/C19H21ClN2O4/c1-12-6-4-5-7-16(12)26-11-18(24)22-21-17(23)10-25-15-8-13(2)19(20)14(3)9-15/h4-9H,10-11H2,1-3H3,(H,21,23)(H,22,24). The number of rotatable bonds is 6. The Hall–Kier alpha value is -2.73. The normalized spacial score (nSPS) is 10.2. The average molecular weight is 377 g/mol. The summed E-state index contributed by atoms with van der Waals surface area (Å²) in [5, 5.41) is 0.669. The van der Waals surface area contributed by atoms with Crippen LogP contribution < -0.4 is 20.3 Å². The molecule has 6 nitrogen and oxygen atoms in total. The lowest BCUT2D eigenvalue weighted by molar-refractivity contribution is -0.131. The van der Waals surface area contributed by atoms with Crippen LogP contribution in [0, 0.1) is 20.8 Å². The van der Waals surface area contributed by atoms with Crippen molar-refractivity contribution in [3.63, 3.8) is 0 Å². The molecule has 0 aliphatic heterocycles. The van der Waals surface area contributed by atoms with Gasteiger partial charge in [0.2, 0.25) is 0 Å². The van der Waals surface area contributed by atoms with Gasteiger partial charge in [-0.25, -0.2) is 0 Å². The van der Waals surface area contributed by atoms with E-state index in [0.717, 1.165) is 16.7 Å². The molecule has 0 saturated heterocycles. The molecule has 26 heavy (non-hydrogen) atoms. The fourth-order valence-electron chi connectivity index (χ4n) is 2.21. The Bertz CT molecular complexity index is 785. The number of amides is 2. The average Bonchev–Trinajstić information content (AvgIpc) is 2.61. The minimum atomic E-state index is -0.487. The highest BCUT2D eigenvalue weighted by atomic mass is 35.5. The lowest BCUT2D eigenvalue weighted by atomic mass is 10.1. The molecular formula is C19H21ClN2O4. The fourth-order valence-corrected chi connectivity index (χ4v) is 2.32. The molecule has 0 fully saturated rings. The second-order valence-electron chi connectivity index (χ2n) is 5.81. The van der Waals surface area contributed by atoms with Crippen molar-refractivity contribution in [1.29, 1.82) is 0 Å². The molecule has 0 unspecified atom stereocenters. The van der Waals surface area contributed by atoms with Crippen LogP contribution in [0.5, 0.6) is 11.5 Å². The Kier molecular flexibility index (Phi) is 6.86. The summed E-state index contributed by atoms with van der Waals surface area (Å²) in [6.07, 6.45) is 0. The molecule has 0 saturated carbocycles. The van der Waals surface area contributed by atoms with Crippen LogP contribution in [-0.4, -0.2) is 25.0 Å². The molecule has 0 aliphatic carbocycles. The number of aryl methyl sites for hydroxylation is 3. The minimum Gasteiger partial charge on any atom is -0.484 e. The Labute approximate surface area is 157 Å². The number of carbonyl (C=O) groups is 2. The molecule has 0 aromatic heterocycles. The SMILES string of the molecule is Cc1ccccc1OCC(=O)NNC(=O)COc1cc(C)c(Cl)c(C)c1. The maximum atomic E-state index is 11.8. The van der Waals surface area contributed by atoms with Crippen molar-refractivity contribution in [2.24, 2.45) is 0 Å². The van der Waals surface area contributed by atoms with Gasteiger partial charge >= 0.3 is 0 Å². The van der Waals surface area contributed by atoms with E-state index in [2.05, 4.69) is 10.9 Å². The van der Waals surface area contributed by atoms with Crippen molar-refractivity contribution in [1.82, 2.24) is 10.9 Å². The summed E-state index contributed by atoms with van der Waals surface area (Å²) in [4.78, 5) is 23.5. The molecule has 2 amide bonds. The molecule has 2 N–H and O–H groups in total. The predicted molar refractivity (Wildman–Crippen MR) is 99.4 cm³/mol. The number of hydrazine groups is 1. The maximum absolute atomic E-state index is 11.8. The summed E-state index contributed by atoms with van der Waals surface area (Å²) < 4.78 is 10.8. The van der Waals surface area contributed by atoms with Gasteiger partial charge in [-0.05, 0) is 55.7 Å². The molecule has 0 atom stereocenters. The molecule has 2 aromatic carbocycles. The number of hydrogen-bond donors (Lipinski definition) is 2. The molecule has 0 spiro atoms. The predicted octanol–water partition coefficient (Wildman–Crippen LogP) is 2.87. The van der Waals surface area contributed by atoms with Crippen LogP contribution in [0.1, 0.15) is 16.7 Å². The third-order valence-corrected chi connectivity index (χ3v) is 4.17. The van der Waals surface area contributed by atoms with Gasteiger partial charge < -0.3 is 9.47 Å². The zero-order chi connectivity index (χ0) is 19.1. The summed E-state index contributed by atoms with van der Waals surface area (Å²) in [6, 6.07) is 10.8. The van der Waals surface area contributed by atoms with Crippen molar-refractivity contribution >= 4 is 23.4 Å². The Balaban J connectivity index is 1.73. The molecule has 2 rings (SSSR count). The van der Waals surface area contributed by atoms with Crippen LogP contribution in [0.3, 0.4) is 0 Å². The first-order valence-electron chi connectivity index (χ1n) is 8.02. The monoisotopic (exact) mass is 376 g/mol. The van der Waals surface area contributed by atoms with Crippen molar-refractivity contribution in [2.75, 3.05) is 13.2 Å². The first-order valence-corrected chi connectivity index (χ1v) is 8.40. The van der Waals surface area contributed by atoms with E-state index in [4.69, 9.17) is 21.1 Å². The highest BCUT2D eigenvalue weighted by Gasteiger charge is 2.09. The van der Waals surface area contributed by atoms with Crippen LogP contribution >= 0.6 is 11.6 Å². The second kappa shape index (κ2) is 9.10. The van der Waals surface area contributed by atoms with E-state index in [1.54, 1.807) is 18.2 Å². The van der Waals surface area contributed by atoms with Crippen LogP contribution in [0.15, 0.2) is 36.4 Å². The molecule has 0 radical (unpaired) electrons. The lowest BCUT2D eigenvalue weighted by Crippen LogP contribution is -2.45. The molecule has 2 aromatic rings. The number of carbonyl (C=O) groups excluding carboxylic acids is 2. The maximum Gasteiger partial charge on any atom is 0.276 e. The van der Waals surface area contributed by atoms with E-state index in [-0.39, 0.29) is 13.2 Å². The zero-order valence-corrected chi connectivity index (χ0v) is 15.6. The van der Waals surface area contributed by atoms with E-state index in [1.807, 2.05) is 39.0 Å². The quantitative estimate of drug-likeness (QED) is 0.760. The van der Waals surface area contributed by atoms with Gasteiger partial charge in [-0.15, -0.1) is 0 Å². The number of nitrogens with one attached hydrogen (secondary N) is 2. The van der Waals surface area contributed by atoms with Gasteiger partial charge in [0.25, 0.3) is 11.8 Å². The van der Waals surface area contributed by atoms with Gasteiger partial charge in [0.1, 0.15) is 11.5 Å². The first kappa shape index (κ1) is 19.6. The van der Waals surface area contributed by atoms with Gasteiger partial charge in [0.15, 0.2) is 13.2 Å². The number of ether oxygens (including phenoxy) is 2. The number of benzene rings is 2. The number of halogens is 1. The molecule has 0 heterocycles. The molecule has 138 valence electrons. The largest absolute Gasteiger partial charge is 0.484 e. The smallest absolute Gasteiger partial charge is 0.276 e. The van der Waals surface area contributed by atoms with Gasteiger partial charge in [0.05, 0.1) is 0 Å². The fraction of sp³-hybridized carbons (Fsp3) is 0.263. The lowest BCUT2D eigenvalue weighted by Gasteiger charge is -2.12. The Morgan fingerprint density at radius 2 is 1.42 bits per heavy atom. The van der Waals surface area contributed by atoms with E-state index >= 15 is 0 Å². The van der Waals surface area contributed by atoms with E-state index in [9.17, 15) is 9.59 Å². The van der Waals surface area contributed by atoms with Crippen molar-refractivity contribution in [3.05, 3.63) is 58.1 Å². The highest BCUT2D eigenvalue weighted by Crippen LogP contribution is 2.25. The van der Waals surface area contributed by atoms with Gasteiger partial charge in [-0.1, -0.05) is 29.8 Å². The summed E-state index contributed by atoms with van der Waals surface area (Å²) in [6.45, 7) is 5.15. The molecule has 7 heteroatoms. The van der Waals surface area contributed by atoms with E-state index in [1.165, 1.54) is 0 Å². The third-order valence-electron chi connectivity index (χ3n) is 3.57. The van der Waals surface area contributed by atoms with E-state index in [0.29, 0.717) is 16.5 Å². The minimum absolute atomic E-state index is 0.207. The summed E-state index contributed by atoms with van der Waals surface area (Å²) >= 11 is 6.09. The van der Waals surface area contributed by atoms with Gasteiger partial charge in [-0.3, -0.25) is 20.4 Å². The van der Waals surface area contributed by atoms with Crippen molar-refractivity contribution in [2.45, 2.75) is 20.8 Å². The zero-order valence-electron chi connectivity index (χ0n) is 14.9. The van der Waals surface area contributed by atoms with Crippen LogP contribution in [0.2, 0.25) is 5.02 Å². The molecule has 0 aliphatic rings. The van der Waals surface area contributed by atoms with Crippen molar-refractivity contribution < 1.29 is 19.1 Å². The van der Waals surface area contributed by atoms with Gasteiger partial charge in [0, 0.05) is 5.02 Å². The van der Waals surface area contributed by atoms with Crippen LogP contribution in [0.25, 0.3) is 0 Å². The summed E-state index contributed by atoms with van der Waals surface area (Å²) in [5.74, 6) is 0.193. The molecular weight excluding hydrogens is 356 g/mol. The van der Waals surface area contributed by atoms with Crippen LogP contribution in [-0.2, 0) is 9.59 Å². The molecule has 0 bridgehead atoms. The van der Waals surface area contributed by atoms with Crippen LogP contribution in [0.4, 0.5) is 0 Å². The Morgan fingerprint density at radius 3 is 2.00 bits per heavy atom. The Morgan fingerprint density at radius 1 is 0.885 bits per heavy atom. The highest BCUT2D eigenvalue weighted by molar-refractivity contribution is 6.32. The summed E-state index contributed by atoms with van der Waals surface area (Å²) in [5.41, 5.74) is 7.20. The first-order chi connectivity index (χ1) is 12.4. The third kappa shape index (κ3) is 5.67. The van der Waals surface area contributed by atoms with Crippen molar-refractivity contribution in [3.8, 4) is 11.5 Å².